The second kappa shape index (κ2) is 10.6. The lowest BCUT2D eigenvalue weighted by molar-refractivity contribution is -0.384. The molecular weight excluding hydrogens is 444 g/mol. The van der Waals surface area contributed by atoms with Crippen LogP contribution in [0.5, 0.6) is 5.75 Å². The number of carbonyl (C=O) groups is 1. The SMILES string of the molecule is COc1ccc(C)cc1CCNC(=O)Cc1cn(-c2ccccc2)nc1-c1ccc([N+](=O)[O-])cc1. The van der Waals surface area contributed by atoms with Gasteiger partial charge in [0.15, 0.2) is 0 Å². The van der Waals surface area contributed by atoms with Crippen molar-refractivity contribution >= 4 is 11.6 Å². The first-order chi connectivity index (χ1) is 16.9. The van der Waals surface area contributed by atoms with Gasteiger partial charge in [-0.15, -0.1) is 0 Å². The summed E-state index contributed by atoms with van der Waals surface area (Å²) in [5.41, 5.74) is 5.07. The number of carbonyl (C=O) groups excluding carboxylic acids is 1. The van der Waals surface area contributed by atoms with Crippen LogP contribution in [0.2, 0.25) is 0 Å². The van der Waals surface area contributed by atoms with Gasteiger partial charge in [0.2, 0.25) is 5.91 Å². The van der Waals surface area contributed by atoms with Crippen molar-refractivity contribution < 1.29 is 14.5 Å². The van der Waals surface area contributed by atoms with E-state index in [1.165, 1.54) is 12.1 Å². The molecule has 0 atom stereocenters. The number of nitrogens with zero attached hydrogens (tertiary/aromatic N) is 3. The van der Waals surface area contributed by atoms with Crippen molar-refractivity contribution in [2.24, 2.45) is 0 Å². The van der Waals surface area contributed by atoms with Gasteiger partial charge in [0.05, 0.1) is 29.8 Å². The van der Waals surface area contributed by atoms with Crippen LogP contribution >= 0.6 is 0 Å². The summed E-state index contributed by atoms with van der Waals surface area (Å²) in [6.07, 6.45) is 2.61. The van der Waals surface area contributed by atoms with E-state index in [0.29, 0.717) is 24.2 Å². The molecule has 1 heterocycles. The quantitative estimate of drug-likeness (QED) is 0.283. The van der Waals surface area contributed by atoms with Gasteiger partial charge in [-0.25, -0.2) is 4.68 Å². The van der Waals surface area contributed by atoms with Gasteiger partial charge in [-0.3, -0.25) is 14.9 Å². The Balaban J connectivity index is 1.52. The number of nitro groups is 1. The molecule has 4 aromatic rings. The molecule has 0 radical (unpaired) electrons. The molecule has 1 N–H and O–H groups in total. The Morgan fingerprint density at radius 1 is 1.06 bits per heavy atom. The van der Waals surface area contributed by atoms with Crippen LogP contribution in [0.3, 0.4) is 0 Å². The summed E-state index contributed by atoms with van der Waals surface area (Å²) < 4.78 is 7.14. The van der Waals surface area contributed by atoms with Crippen molar-refractivity contribution in [2.45, 2.75) is 19.8 Å². The average Bonchev–Trinajstić information content (AvgIpc) is 3.28. The van der Waals surface area contributed by atoms with Crippen molar-refractivity contribution in [3.63, 3.8) is 0 Å². The molecule has 0 spiro atoms. The number of para-hydroxylation sites is 1. The summed E-state index contributed by atoms with van der Waals surface area (Å²) in [6.45, 7) is 2.49. The summed E-state index contributed by atoms with van der Waals surface area (Å²) in [5, 5.41) is 18.7. The van der Waals surface area contributed by atoms with Crippen LogP contribution in [0.15, 0.2) is 79.0 Å². The molecule has 0 aliphatic rings. The first-order valence-corrected chi connectivity index (χ1v) is 11.2. The van der Waals surface area contributed by atoms with Crippen LogP contribution in [0, 0.1) is 17.0 Å². The molecule has 8 nitrogen and oxygen atoms in total. The molecule has 3 aromatic carbocycles. The van der Waals surface area contributed by atoms with E-state index in [-0.39, 0.29) is 18.0 Å². The van der Waals surface area contributed by atoms with Gasteiger partial charge in [-0.05, 0) is 49.2 Å². The van der Waals surface area contributed by atoms with E-state index in [2.05, 4.69) is 16.5 Å². The molecular formula is C27H26N4O4. The lowest BCUT2D eigenvalue weighted by Gasteiger charge is -2.10. The van der Waals surface area contributed by atoms with Crippen LogP contribution in [0.25, 0.3) is 16.9 Å². The largest absolute Gasteiger partial charge is 0.496 e. The number of amides is 1. The third-order valence-electron chi connectivity index (χ3n) is 5.67. The maximum Gasteiger partial charge on any atom is 0.269 e. The van der Waals surface area contributed by atoms with E-state index in [0.717, 1.165) is 28.1 Å². The first kappa shape index (κ1) is 23.7. The van der Waals surface area contributed by atoms with Crippen molar-refractivity contribution in [3.05, 3.63) is 106 Å². The zero-order valence-electron chi connectivity index (χ0n) is 19.6. The number of nitro benzene ring substituents is 1. The molecule has 0 fully saturated rings. The monoisotopic (exact) mass is 470 g/mol. The third-order valence-corrected chi connectivity index (χ3v) is 5.67. The number of rotatable bonds is 9. The Labute approximate surface area is 203 Å². The molecule has 8 heteroatoms. The Morgan fingerprint density at radius 2 is 1.80 bits per heavy atom. The predicted molar refractivity (Wildman–Crippen MR) is 134 cm³/mol. The van der Waals surface area contributed by atoms with Gasteiger partial charge in [0.1, 0.15) is 5.75 Å². The van der Waals surface area contributed by atoms with Crippen LogP contribution in [-0.4, -0.2) is 34.3 Å². The molecule has 0 saturated carbocycles. The number of hydrogen-bond donors (Lipinski definition) is 1. The molecule has 0 unspecified atom stereocenters. The van der Waals surface area contributed by atoms with Crippen LogP contribution < -0.4 is 10.1 Å². The minimum atomic E-state index is -0.441. The van der Waals surface area contributed by atoms with E-state index in [1.54, 1.807) is 23.9 Å². The van der Waals surface area contributed by atoms with Gasteiger partial charge in [0, 0.05) is 36.0 Å². The number of aromatic nitrogens is 2. The molecule has 0 bridgehead atoms. The molecule has 178 valence electrons. The van der Waals surface area contributed by atoms with Crippen molar-refractivity contribution in [1.29, 1.82) is 0 Å². The molecule has 35 heavy (non-hydrogen) atoms. The lowest BCUT2D eigenvalue weighted by atomic mass is 10.1. The lowest BCUT2D eigenvalue weighted by Crippen LogP contribution is -2.27. The minimum Gasteiger partial charge on any atom is -0.496 e. The molecule has 0 aliphatic heterocycles. The summed E-state index contributed by atoms with van der Waals surface area (Å²) in [4.78, 5) is 23.4. The number of aryl methyl sites for hydroxylation is 1. The highest BCUT2D eigenvalue weighted by Crippen LogP contribution is 2.26. The topological polar surface area (TPSA) is 99.3 Å². The van der Waals surface area contributed by atoms with E-state index >= 15 is 0 Å². The standard InChI is InChI=1S/C27H26N4O4/c1-19-8-13-25(35-2)21(16-19)14-15-28-26(32)17-22-18-30(23-6-4-3-5-7-23)29-27(22)20-9-11-24(12-10-20)31(33)34/h3-13,16,18H,14-15,17H2,1-2H3,(H,28,32). The maximum atomic E-state index is 12.8. The van der Waals surface area contributed by atoms with E-state index in [9.17, 15) is 14.9 Å². The highest BCUT2D eigenvalue weighted by molar-refractivity contribution is 5.81. The number of nitrogens with one attached hydrogen (secondary N) is 1. The van der Waals surface area contributed by atoms with Gasteiger partial charge in [0.25, 0.3) is 5.69 Å². The number of benzene rings is 3. The normalized spacial score (nSPS) is 10.7. The summed E-state index contributed by atoms with van der Waals surface area (Å²) in [6, 6.07) is 21.8. The zero-order valence-corrected chi connectivity index (χ0v) is 19.6. The van der Waals surface area contributed by atoms with Crippen molar-refractivity contribution in [2.75, 3.05) is 13.7 Å². The number of ether oxygens (including phenoxy) is 1. The Kier molecular flexibility index (Phi) is 7.21. The van der Waals surface area contributed by atoms with Crippen LogP contribution in [0.1, 0.15) is 16.7 Å². The van der Waals surface area contributed by atoms with E-state index < -0.39 is 4.92 Å². The van der Waals surface area contributed by atoms with E-state index in [4.69, 9.17) is 4.74 Å². The molecule has 1 aromatic heterocycles. The van der Waals surface area contributed by atoms with E-state index in [1.807, 2.05) is 55.6 Å². The highest BCUT2D eigenvalue weighted by Gasteiger charge is 2.17. The second-order valence-electron chi connectivity index (χ2n) is 8.18. The van der Waals surface area contributed by atoms with Crippen molar-refractivity contribution in [1.82, 2.24) is 15.1 Å². The summed E-state index contributed by atoms with van der Waals surface area (Å²) in [5.74, 6) is 0.668. The summed E-state index contributed by atoms with van der Waals surface area (Å²) in [7, 11) is 1.64. The van der Waals surface area contributed by atoms with Crippen LogP contribution in [-0.2, 0) is 17.6 Å². The molecule has 0 saturated heterocycles. The first-order valence-electron chi connectivity index (χ1n) is 11.2. The zero-order chi connectivity index (χ0) is 24.8. The van der Waals surface area contributed by atoms with Crippen LogP contribution in [0.4, 0.5) is 5.69 Å². The fraction of sp³-hybridized carbons (Fsp3) is 0.185. The third kappa shape index (κ3) is 5.73. The molecule has 0 aliphatic carbocycles. The van der Waals surface area contributed by atoms with Crippen molar-refractivity contribution in [3.8, 4) is 22.7 Å². The average molecular weight is 471 g/mol. The fourth-order valence-corrected chi connectivity index (χ4v) is 3.91. The van der Waals surface area contributed by atoms with Gasteiger partial charge in [-0.1, -0.05) is 35.9 Å². The summed E-state index contributed by atoms with van der Waals surface area (Å²) >= 11 is 0. The Bertz CT molecular complexity index is 1330. The molecule has 4 rings (SSSR count). The fourth-order valence-electron chi connectivity index (χ4n) is 3.91. The maximum absolute atomic E-state index is 12.8. The number of hydrogen-bond acceptors (Lipinski definition) is 5. The Morgan fingerprint density at radius 3 is 2.49 bits per heavy atom. The highest BCUT2D eigenvalue weighted by atomic mass is 16.6. The van der Waals surface area contributed by atoms with Gasteiger partial charge < -0.3 is 10.1 Å². The van der Waals surface area contributed by atoms with Gasteiger partial charge >= 0.3 is 0 Å². The minimum absolute atomic E-state index is 0.00196. The van der Waals surface area contributed by atoms with Gasteiger partial charge in [-0.2, -0.15) is 5.10 Å². The molecule has 1 amide bonds. The number of non-ortho nitro benzene ring substituents is 1. The number of methoxy groups -OCH3 is 1. The smallest absolute Gasteiger partial charge is 0.269 e. The Hall–Kier alpha value is -4.46. The second-order valence-corrected chi connectivity index (χ2v) is 8.18. The predicted octanol–water partition coefficient (Wildman–Crippen LogP) is 4.67.